The van der Waals surface area contributed by atoms with Gasteiger partial charge >= 0.3 is 5.97 Å². The number of carboxylic acids is 1. The lowest BCUT2D eigenvalue weighted by Gasteiger charge is -2.22. The van der Waals surface area contributed by atoms with E-state index in [4.69, 9.17) is 16.7 Å². The Balaban J connectivity index is 4.41. The maximum atomic E-state index is 11.2. The van der Waals surface area contributed by atoms with Gasteiger partial charge in [-0.3, -0.25) is 9.59 Å². The van der Waals surface area contributed by atoms with E-state index < -0.39 is 11.9 Å². The Hall–Kier alpha value is -1.03. The Kier molecular flexibility index (Phi) is 5.14. The fraction of sp³-hybridized carbons (Fsp3) is 0.500. The van der Waals surface area contributed by atoms with Crippen LogP contribution in [0.5, 0.6) is 0 Å². The molecule has 0 heterocycles. The Morgan fingerprint density at radius 2 is 2.08 bits per heavy atom. The zero-order valence-corrected chi connectivity index (χ0v) is 8.28. The average Bonchev–Trinajstić information content (AvgIpc) is 1.99. The van der Waals surface area contributed by atoms with Gasteiger partial charge < -0.3 is 10.0 Å². The smallest absolute Gasteiger partial charge is 0.323 e. The summed E-state index contributed by atoms with van der Waals surface area (Å²) in [5.74, 6) is -1.43. The fourth-order valence-electron chi connectivity index (χ4n) is 0.810. The Morgan fingerprint density at radius 3 is 2.38 bits per heavy atom. The molecule has 13 heavy (non-hydrogen) atoms. The predicted octanol–water partition coefficient (Wildman–Crippen LogP) is 1.06. The highest BCUT2D eigenvalue weighted by Gasteiger charge is 2.16. The molecule has 0 saturated carbocycles. The molecule has 5 heteroatoms. The molecule has 1 N–H and O–H groups in total. The lowest BCUT2D eigenvalue weighted by molar-refractivity contribution is -0.143. The van der Waals surface area contributed by atoms with Crippen LogP contribution in [0.25, 0.3) is 0 Å². The maximum absolute atomic E-state index is 11.2. The van der Waals surface area contributed by atoms with Crippen LogP contribution in [0.4, 0.5) is 0 Å². The Morgan fingerprint density at radius 1 is 1.54 bits per heavy atom. The molecule has 0 saturated heterocycles. The lowest BCUT2D eigenvalue weighted by Crippen LogP contribution is -2.39. The molecule has 0 rings (SSSR count). The van der Waals surface area contributed by atoms with Crippen LogP contribution >= 0.6 is 11.6 Å². The molecular formula is C8H12ClNO3. The van der Waals surface area contributed by atoms with Crippen molar-refractivity contribution in [1.29, 1.82) is 0 Å². The molecule has 0 spiro atoms. The summed E-state index contributed by atoms with van der Waals surface area (Å²) in [7, 11) is 0. The summed E-state index contributed by atoms with van der Waals surface area (Å²) in [6.45, 7) is 3.17. The summed E-state index contributed by atoms with van der Waals surface area (Å²) in [5.41, 5.74) is 1.07. The summed E-state index contributed by atoms with van der Waals surface area (Å²) in [6, 6.07) is -0.156. The zero-order chi connectivity index (χ0) is 10.4. The first-order valence-electron chi connectivity index (χ1n) is 3.78. The first-order valence-corrected chi connectivity index (χ1v) is 4.21. The highest BCUT2D eigenvalue weighted by molar-refractivity contribution is 6.26. The second kappa shape index (κ2) is 5.59. The number of rotatable bonds is 4. The van der Waals surface area contributed by atoms with Crippen molar-refractivity contribution in [2.24, 2.45) is 0 Å². The van der Waals surface area contributed by atoms with E-state index in [-0.39, 0.29) is 12.6 Å². The van der Waals surface area contributed by atoms with E-state index in [2.05, 4.69) is 0 Å². The first kappa shape index (κ1) is 12.0. The molecule has 0 aromatic rings. The second-order valence-electron chi connectivity index (χ2n) is 2.75. The van der Waals surface area contributed by atoms with Gasteiger partial charge in [-0.25, -0.2) is 0 Å². The van der Waals surface area contributed by atoms with E-state index in [0.29, 0.717) is 0 Å². The van der Waals surface area contributed by atoms with Gasteiger partial charge in [-0.2, -0.15) is 0 Å². The standard InChI is InChI=1S/C8H12ClNO3/c1-6(2)10(5-8(12)13)7(11)3-4-9/h3-4,6H,5H2,1-2H3,(H,12,13)/b4-3+. The van der Waals surface area contributed by atoms with Crippen LogP contribution in [0, 0.1) is 0 Å². The van der Waals surface area contributed by atoms with Gasteiger partial charge in [-0.1, -0.05) is 11.6 Å². The second-order valence-corrected chi connectivity index (χ2v) is 3.00. The number of carboxylic acid groups (broad SMARTS) is 1. The number of amides is 1. The molecule has 74 valence electrons. The van der Waals surface area contributed by atoms with Crippen molar-refractivity contribution < 1.29 is 14.7 Å². The van der Waals surface area contributed by atoms with Crippen molar-refractivity contribution in [3.05, 3.63) is 11.6 Å². The Bertz CT molecular complexity index is 225. The number of aliphatic carboxylic acids is 1. The summed E-state index contributed by atoms with van der Waals surface area (Å²) in [6.07, 6.45) is 1.13. The molecule has 0 atom stereocenters. The van der Waals surface area contributed by atoms with Crippen LogP contribution in [-0.2, 0) is 9.59 Å². The molecule has 0 aliphatic rings. The molecule has 0 aliphatic heterocycles. The molecule has 0 aromatic heterocycles. The highest BCUT2D eigenvalue weighted by atomic mass is 35.5. The minimum atomic E-state index is -1.04. The summed E-state index contributed by atoms with van der Waals surface area (Å²) in [4.78, 5) is 22.8. The first-order chi connectivity index (χ1) is 5.99. The summed E-state index contributed by atoms with van der Waals surface area (Å²) in [5, 5.41) is 8.50. The number of hydrogen-bond acceptors (Lipinski definition) is 2. The van der Waals surface area contributed by atoms with Gasteiger partial charge in [0.2, 0.25) is 5.91 Å². The van der Waals surface area contributed by atoms with Gasteiger partial charge in [-0.05, 0) is 13.8 Å². The molecular weight excluding hydrogens is 194 g/mol. The molecule has 0 aromatic carbocycles. The van der Waals surface area contributed by atoms with Crippen LogP contribution < -0.4 is 0 Å². The Labute approximate surface area is 81.8 Å². The van der Waals surface area contributed by atoms with Crippen molar-refractivity contribution in [2.45, 2.75) is 19.9 Å². The van der Waals surface area contributed by atoms with Crippen LogP contribution in [-0.4, -0.2) is 34.5 Å². The maximum Gasteiger partial charge on any atom is 0.323 e. The molecule has 0 unspecified atom stereocenters. The van der Waals surface area contributed by atoms with Gasteiger partial charge in [0.1, 0.15) is 6.54 Å². The van der Waals surface area contributed by atoms with Gasteiger partial charge in [0, 0.05) is 17.7 Å². The van der Waals surface area contributed by atoms with Crippen LogP contribution in [0.15, 0.2) is 11.6 Å². The number of halogens is 1. The number of hydrogen-bond donors (Lipinski definition) is 1. The molecule has 0 bridgehead atoms. The molecule has 4 nitrogen and oxygen atoms in total. The third-order valence-electron chi connectivity index (χ3n) is 1.42. The van der Waals surface area contributed by atoms with Crippen LogP contribution in [0.3, 0.4) is 0 Å². The molecule has 0 aliphatic carbocycles. The topological polar surface area (TPSA) is 57.6 Å². The predicted molar refractivity (Wildman–Crippen MR) is 49.5 cm³/mol. The van der Waals surface area contributed by atoms with Crippen molar-refractivity contribution in [2.75, 3.05) is 6.54 Å². The molecule has 1 amide bonds. The summed E-state index contributed by atoms with van der Waals surface area (Å²) >= 11 is 5.21. The number of nitrogens with zero attached hydrogens (tertiary/aromatic N) is 1. The van der Waals surface area contributed by atoms with Crippen molar-refractivity contribution in [3.63, 3.8) is 0 Å². The SMILES string of the molecule is CC(C)N(CC(=O)O)C(=O)/C=C/Cl. The third kappa shape index (κ3) is 4.52. The number of carbonyl (C=O) groups is 2. The third-order valence-corrected chi connectivity index (χ3v) is 1.54. The van der Waals surface area contributed by atoms with Crippen LogP contribution in [0.2, 0.25) is 0 Å². The van der Waals surface area contributed by atoms with E-state index in [9.17, 15) is 9.59 Å². The van der Waals surface area contributed by atoms with Crippen LogP contribution in [0.1, 0.15) is 13.8 Å². The van der Waals surface area contributed by atoms with Crippen molar-refractivity contribution >= 4 is 23.5 Å². The minimum Gasteiger partial charge on any atom is -0.480 e. The fourth-order valence-corrected chi connectivity index (χ4v) is 0.918. The van der Waals surface area contributed by atoms with Crippen molar-refractivity contribution in [1.82, 2.24) is 4.90 Å². The van der Waals surface area contributed by atoms with Crippen molar-refractivity contribution in [3.8, 4) is 0 Å². The molecule has 0 fully saturated rings. The van der Waals surface area contributed by atoms with Gasteiger partial charge in [0.25, 0.3) is 0 Å². The average molecular weight is 206 g/mol. The highest BCUT2D eigenvalue weighted by Crippen LogP contribution is 2.00. The van der Waals surface area contributed by atoms with E-state index in [1.807, 2.05) is 0 Å². The van der Waals surface area contributed by atoms with E-state index >= 15 is 0 Å². The quantitative estimate of drug-likeness (QED) is 0.699. The summed E-state index contributed by atoms with van der Waals surface area (Å²) < 4.78 is 0. The van der Waals surface area contributed by atoms with Gasteiger partial charge in [0.15, 0.2) is 0 Å². The van der Waals surface area contributed by atoms with Gasteiger partial charge in [0.05, 0.1) is 0 Å². The zero-order valence-electron chi connectivity index (χ0n) is 7.53. The van der Waals surface area contributed by atoms with E-state index in [1.54, 1.807) is 13.8 Å². The number of carbonyl (C=O) groups excluding carboxylic acids is 1. The normalized spacial score (nSPS) is 10.8. The van der Waals surface area contributed by atoms with Gasteiger partial charge in [-0.15, -0.1) is 0 Å². The lowest BCUT2D eigenvalue weighted by atomic mass is 10.3. The van der Waals surface area contributed by atoms with E-state index in [0.717, 1.165) is 11.6 Å². The molecule has 0 radical (unpaired) electrons. The van der Waals surface area contributed by atoms with E-state index in [1.165, 1.54) is 4.90 Å². The largest absolute Gasteiger partial charge is 0.480 e. The minimum absolute atomic E-state index is 0.156. The monoisotopic (exact) mass is 205 g/mol.